The topological polar surface area (TPSA) is 108 Å². The van der Waals surface area contributed by atoms with Crippen LogP contribution in [-0.4, -0.2) is 87.4 Å². The summed E-state index contributed by atoms with van der Waals surface area (Å²) in [5, 5.41) is 9.74. The Morgan fingerprint density at radius 2 is 0.640 bits per heavy atom. The summed E-state index contributed by atoms with van der Waals surface area (Å²) in [4.78, 5) is 37.6. The zero-order chi connectivity index (χ0) is 64.7. The van der Waals surface area contributed by atoms with Crippen molar-refractivity contribution in [3.05, 3.63) is 170 Å². The molecule has 9 heteroatoms. The second-order valence-electron chi connectivity index (χ2n) is 24.1. The standard InChI is InChI=1S/C80H129NO8/c1-6-8-10-12-14-16-18-20-22-24-26-28-30-32-33-34-35-36-37-38-39-40-41-42-43-44-45-47-49-51-53-55-57-59-61-63-65-67-69-71-78(83)89-76(75-88-80(79(84)85)86-73-72-81(3,4)5)74-87-77(82)70-68-66-64-62-60-58-56-54-52-50-48-46-31-29-27-25-23-21-19-17-15-13-11-9-7-2/h8,10,14,16,19-22,25-28,32-33,35-36,38-39,41-42,44-45,49,51,55,57,61,63,76,80H,6-7,9,11-13,15,17-18,23-24,29-31,34,37,40,43,46-48,50,52-54,56,58-60,62,64-75H2,1-5H3/p+1/b10-8-,16-14-,21-19-,22-20-,27-25-,28-26-,33-32-,36-35-,39-38-,42-41-,45-44-,51-49-,57-55-,63-61-. The fourth-order valence-corrected chi connectivity index (χ4v) is 9.08. The Morgan fingerprint density at radius 3 is 0.978 bits per heavy atom. The predicted molar refractivity (Wildman–Crippen MR) is 382 cm³/mol. The van der Waals surface area contributed by atoms with Crippen LogP contribution in [0.15, 0.2) is 170 Å². The molecule has 0 radical (unpaired) electrons. The van der Waals surface area contributed by atoms with Gasteiger partial charge in [0.15, 0.2) is 6.10 Å². The van der Waals surface area contributed by atoms with Crippen LogP contribution in [0, 0.1) is 0 Å². The maximum absolute atomic E-state index is 12.9. The number of rotatable bonds is 63. The minimum Gasteiger partial charge on any atom is -0.477 e. The molecule has 0 aromatic heterocycles. The van der Waals surface area contributed by atoms with Gasteiger partial charge in [-0.15, -0.1) is 0 Å². The number of carbonyl (C=O) groups excluding carboxylic acids is 2. The van der Waals surface area contributed by atoms with Crippen molar-refractivity contribution in [2.45, 2.75) is 270 Å². The van der Waals surface area contributed by atoms with E-state index in [1.54, 1.807) is 0 Å². The average molecular weight is 1230 g/mol. The highest BCUT2D eigenvalue weighted by Gasteiger charge is 2.25. The SMILES string of the molecule is CC/C=C\C/C=C\C/C=C\C/C=C\C/C=C\C/C=C\C/C=C\C/C=C\C/C=C\C/C=C\C/C=C\C/C=C\CCCCC(=O)OC(COC(=O)CCCCCCCCCCCCCCC/C=C\C/C=C\CCCCCCC)COC(OCC[N+](C)(C)C)C(=O)O. The number of aliphatic carboxylic acids is 1. The van der Waals surface area contributed by atoms with E-state index in [0.717, 1.165) is 116 Å². The van der Waals surface area contributed by atoms with Crippen LogP contribution in [-0.2, 0) is 33.3 Å². The molecule has 0 bridgehead atoms. The van der Waals surface area contributed by atoms with E-state index in [1.165, 1.54) is 109 Å². The Morgan fingerprint density at radius 1 is 0.348 bits per heavy atom. The van der Waals surface area contributed by atoms with E-state index in [-0.39, 0.29) is 38.6 Å². The number of nitrogens with zero attached hydrogens (tertiary/aromatic N) is 1. The first-order chi connectivity index (χ1) is 43.6. The third-order valence-corrected chi connectivity index (χ3v) is 14.5. The molecule has 0 saturated heterocycles. The van der Waals surface area contributed by atoms with E-state index < -0.39 is 24.3 Å². The highest BCUT2D eigenvalue weighted by molar-refractivity contribution is 5.71. The van der Waals surface area contributed by atoms with Crippen LogP contribution in [0.5, 0.6) is 0 Å². The molecule has 502 valence electrons. The fraction of sp³-hybridized carbons (Fsp3) is 0.613. The van der Waals surface area contributed by atoms with Gasteiger partial charge in [0.05, 0.1) is 34.4 Å². The van der Waals surface area contributed by atoms with E-state index in [4.69, 9.17) is 18.9 Å². The lowest BCUT2D eigenvalue weighted by Gasteiger charge is -2.25. The molecule has 0 spiro atoms. The Hall–Kier alpha value is -5.35. The lowest BCUT2D eigenvalue weighted by molar-refractivity contribution is -0.870. The molecular formula is C80H130NO8+. The zero-order valence-electron chi connectivity index (χ0n) is 57.3. The summed E-state index contributed by atoms with van der Waals surface area (Å²) in [5.74, 6) is -2.08. The van der Waals surface area contributed by atoms with Gasteiger partial charge in [0.2, 0.25) is 0 Å². The quantitative estimate of drug-likeness (QED) is 0.0211. The summed E-state index contributed by atoms with van der Waals surface area (Å²) in [6.07, 6.45) is 100. The summed E-state index contributed by atoms with van der Waals surface area (Å²) >= 11 is 0. The van der Waals surface area contributed by atoms with Crippen molar-refractivity contribution in [2.75, 3.05) is 47.5 Å². The van der Waals surface area contributed by atoms with Crippen LogP contribution in [0.3, 0.4) is 0 Å². The van der Waals surface area contributed by atoms with Crippen LogP contribution >= 0.6 is 0 Å². The maximum atomic E-state index is 12.9. The van der Waals surface area contributed by atoms with Crippen molar-refractivity contribution in [3.8, 4) is 0 Å². The highest BCUT2D eigenvalue weighted by atomic mass is 16.7. The van der Waals surface area contributed by atoms with E-state index >= 15 is 0 Å². The van der Waals surface area contributed by atoms with E-state index in [2.05, 4.69) is 184 Å². The van der Waals surface area contributed by atoms with Crippen LogP contribution in [0.4, 0.5) is 0 Å². The van der Waals surface area contributed by atoms with E-state index in [9.17, 15) is 19.5 Å². The number of allylic oxidation sites excluding steroid dienone is 28. The summed E-state index contributed by atoms with van der Waals surface area (Å²) in [7, 11) is 5.95. The highest BCUT2D eigenvalue weighted by Crippen LogP contribution is 2.15. The number of hydrogen-bond acceptors (Lipinski definition) is 7. The molecule has 0 aromatic rings. The van der Waals surface area contributed by atoms with Gasteiger partial charge in [0.25, 0.3) is 6.29 Å². The van der Waals surface area contributed by atoms with Crippen molar-refractivity contribution < 1.29 is 42.9 Å². The first-order valence-corrected chi connectivity index (χ1v) is 35.3. The van der Waals surface area contributed by atoms with Crippen molar-refractivity contribution in [3.63, 3.8) is 0 Å². The van der Waals surface area contributed by atoms with Gasteiger partial charge in [0.1, 0.15) is 13.2 Å². The van der Waals surface area contributed by atoms with Crippen LogP contribution < -0.4 is 0 Å². The molecule has 0 saturated carbocycles. The van der Waals surface area contributed by atoms with Gasteiger partial charge in [-0.2, -0.15) is 0 Å². The first-order valence-electron chi connectivity index (χ1n) is 35.3. The van der Waals surface area contributed by atoms with Gasteiger partial charge in [-0.05, 0) is 135 Å². The molecular weight excluding hydrogens is 1100 g/mol. The number of hydrogen-bond donors (Lipinski definition) is 1. The lowest BCUT2D eigenvalue weighted by atomic mass is 10.0. The average Bonchev–Trinajstić information content (AvgIpc) is 3.64. The summed E-state index contributed by atoms with van der Waals surface area (Å²) < 4.78 is 22.9. The number of quaternary nitrogens is 1. The summed E-state index contributed by atoms with van der Waals surface area (Å²) in [6.45, 7) is 4.69. The minimum absolute atomic E-state index is 0.170. The normalized spacial score (nSPS) is 13.8. The largest absolute Gasteiger partial charge is 0.477 e. The van der Waals surface area contributed by atoms with E-state index in [1.807, 2.05) is 21.1 Å². The van der Waals surface area contributed by atoms with Crippen LogP contribution in [0.25, 0.3) is 0 Å². The molecule has 89 heavy (non-hydrogen) atoms. The second-order valence-corrected chi connectivity index (χ2v) is 24.1. The Balaban J connectivity index is 4.27. The third-order valence-electron chi connectivity index (χ3n) is 14.5. The smallest absolute Gasteiger partial charge is 0.361 e. The molecule has 9 nitrogen and oxygen atoms in total. The van der Waals surface area contributed by atoms with Crippen LogP contribution in [0.2, 0.25) is 0 Å². The summed E-state index contributed by atoms with van der Waals surface area (Å²) in [5.41, 5.74) is 0. The molecule has 0 heterocycles. The Bertz CT molecular complexity index is 2070. The Kier molecular flexibility index (Phi) is 64.4. The number of carboxylic acid groups (broad SMARTS) is 1. The molecule has 0 rings (SSSR count). The first kappa shape index (κ1) is 83.7. The van der Waals surface area contributed by atoms with Crippen molar-refractivity contribution >= 4 is 17.9 Å². The minimum atomic E-state index is -1.53. The van der Waals surface area contributed by atoms with Gasteiger partial charge >= 0.3 is 17.9 Å². The van der Waals surface area contributed by atoms with Crippen molar-refractivity contribution in [1.82, 2.24) is 0 Å². The third kappa shape index (κ3) is 70.0. The van der Waals surface area contributed by atoms with E-state index in [0.29, 0.717) is 17.4 Å². The van der Waals surface area contributed by atoms with Gasteiger partial charge in [-0.25, -0.2) is 4.79 Å². The second kappa shape index (κ2) is 68.6. The van der Waals surface area contributed by atoms with Gasteiger partial charge in [0, 0.05) is 12.8 Å². The molecule has 0 aliphatic carbocycles. The van der Waals surface area contributed by atoms with Gasteiger partial charge < -0.3 is 28.5 Å². The van der Waals surface area contributed by atoms with Crippen molar-refractivity contribution in [1.29, 1.82) is 0 Å². The summed E-state index contributed by atoms with van der Waals surface area (Å²) in [6, 6.07) is 0. The molecule has 0 aliphatic rings. The molecule has 0 amide bonds. The molecule has 2 atom stereocenters. The lowest BCUT2D eigenvalue weighted by Crippen LogP contribution is -2.40. The molecule has 0 aromatic carbocycles. The molecule has 0 aliphatic heterocycles. The number of carboxylic acids is 1. The monoisotopic (exact) mass is 1230 g/mol. The number of carbonyl (C=O) groups is 3. The van der Waals surface area contributed by atoms with Crippen LogP contribution in [0.1, 0.15) is 258 Å². The maximum Gasteiger partial charge on any atom is 0.361 e. The fourth-order valence-electron chi connectivity index (χ4n) is 9.08. The zero-order valence-corrected chi connectivity index (χ0v) is 57.3. The number of ether oxygens (including phenoxy) is 4. The molecule has 2 unspecified atom stereocenters. The van der Waals surface area contributed by atoms with Crippen molar-refractivity contribution in [2.24, 2.45) is 0 Å². The van der Waals surface area contributed by atoms with Gasteiger partial charge in [-0.3, -0.25) is 9.59 Å². The Labute approximate surface area is 546 Å². The molecule has 0 fully saturated rings. The number of likely N-dealkylation sites (N-methyl/N-ethyl adjacent to an activating group) is 1. The predicted octanol–water partition coefficient (Wildman–Crippen LogP) is 22.2. The molecule has 1 N–H and O–H groups in total. The number of esters is 2. The van der Waals surface area contributed by atoms with Gasteiger partial charge in [-0.1, -0.05) is 280 Å². The number of unbranched alkanes of at least 4 members (excludes halogenated alkanes) is 20.